The van der Waals surface area contributed by atoms with Crippen LogP contribution in [0, 0.1) is 18.8 Å². The van der Waals surface area contributed by atoms with Gasteiger partial charge in [0.05, 0.1) is 5.69 Å². The third-order valence-electron chi connectivity index (χ3n) is 5.49. The van der Waals surface area contributed by atoms with Crippen LogP contribution < -0.4 is 10.6 Å². The number of nitrogens with one attached hydrogen (secondary N) is 2. The summed E-state index contributed by atoms with van der Waals surface area (Å²) < 4.78 is 0. The van der Waals surface area contributed by atoms with Gasteiger partial charge < -0.3 is 15.5 Å². The molecule has 2 aliphatic rings. The Labute approximate surface area is 166 Å². The van der Waals surface area contributed by atoms with Gasteiger partial charge in [-0.2, -0.15) is 5.10 Å². The first-order valence-corrected chi connectivity index (χ1v) is 9.36. The zero-order chi connectivity index (χ0) is 17.9. The van der Waals surface area contributed by atoms with Crippen LogP contribution in [-0.2, 0) is 0 Å². The van der Waals surface area contributed by atoms with Crippen molar-refractivity contribution in [2.24, 2.45) is 11.8 Å². The number of amides is 1. The maximum absolute atomic E-state index is 13.0. The lowest BCUT2D eigenvalue weighted by molar-refractivity contribution is 0.0758. The van der Waals surface area contributed by atoms with Gasteiger partial charge in [-0.05, 0) is 75.0 Å². The van der Waals surface area contributed by atoms with E-state index in [2.05, 4.69) is 20.8 Å². The van der Waals surface area contributed by atoms with E-state index in [0.29, 0.717) is 5.82 Å². The van der Waals surface area contributed by atoms with Crippen LogP contribution in [0.5, 0.6) is 0 Å². The Morgan fingerprint density at radius 3 is 2.52 bits per heavy atom. The molecule has 2 N–H and O–H groups in total. The molecule has 0 radical (unpaired) electrons. The Kier molecular flexibility index (Phi) is 6.29. The molecule has 0 bridgehead atoms. The Morgan fingerprint density at radius 1 is 1.11 bits per heavy atom. The summed E-state index contributed by atoms with van der Waals surface area (Å²) in [6.07, 6.45) is 2.20. The predicted octanol–water partition coefficient (Wildman–Crippen LogP) is 3.02. The van der Waals surface area contributed by atoms with Crippen LogP contribution in [-0.4, -0.2) is 47.2 Å². The fourth-order valence-corrected chi connectivity index (χ4v) is 3.95. The maximum atomic E-state index is 13.0. The molecule has 0 unspecified atom stereocenters. The molecular formula is C20H26ClN5O. The Bertz CT molecular complexity index is 768. The van der Waals surface area contributed by atoms with Gasteiger partial charge in [-0.15, -0.1) is 17.5 Å². The van der Waals surface area contributed by atoms with E-state index in [4.69, 9.17) is 0 Å². The second-order valence-corrected chi connectivity index (χ2v) is 7.31. The highest BCUT2D eigenvalue weighted by Crippen LogP contribution is 2.28. The van der Waals surface area contributed by atoms with Crippen molar-refractivity contribution in [2.45, 2.75) is 19.8 Å². The largest absolute Gasteiger partial charge is 0.339 e. The zero-order valence-corrected chi connectivity index (χ0v) is 16.3. The third-order valence-corrected chi connectivity index (χ3v) is 5.49. The van der Waals surface area contributed by atoms with E-state index in [0.717, 1.165) is 67.8 Å². The molecule has 2 aliphatic heterocycles. The predicted molar refractivity (Wildman–Crippen MR) is 109 cm³/mol. The van der Waals surface area contributed by atoms with Gasteiger partial charge in [-0.25, -0.2) is 0 Å². The quantitative estimate of drug-likeness (QED) is 0.847. The fraction of sp³-hybridized carbons (Fsp3) is 0.450. The number of likely N-dealkylation sites (tertiary alicyclic amines) is 1. The Morgan fingerprint density at radius 2 is 1.85 bits per heavy atom. The van der Waals surface area contributed by atoms with Gasteiger partial charge >= 0.3 is 0 Å². The second kappa shape index (κ2) is 8.67. The minimum absolute atomic E-state index is 0. The van der Waals surface area contributed by atoms with Gasteiger partial charge in [0.1, 0.15) is 0 Å². The molecule has 6 nitrogen and oxygen atoms in total. The highest BCUT2D eigenvalue weighted by Gasteiger charge is 2.31. The summed E-state index contributed by atoms with van der Waals surface area (Å²) in [6, 6.07) is 11.4. The van der Waals surface area contributed by atoms with Crippen molar-refractivity contribution in [3.05, 3.63) is 47.7 Å². The zero-order valence-electron chi connectivity index (χ0n) is 15.5. The number of aryl methyl sites for hydroxylation is 1. The molecule has 144 valence electrons. The fourth-order valence-electron chi connectivity index (χ4n) is 3.95. The lowest BCUT2D eigenvalue weighted by Crippen LogP contribution is -2.32. The lowest BCUT2D eigenvalue weighted by Gasteiger charge is -2.21. The number of nitrogens with zero attached hydrogens (tertiary/aromatic N) is 3. The van der Waals surface area contributed by atoms with Crippen molar-refractivity contribution in [3.63, 3.8) is 0 Å². The number of carbonyl (C=O) groups is 1. The van der Waals surface area contributed by atoms with Gasteiger partial charge in [0.25, 0.3) is 5.91 Å². The molecule has 0 saturated carbocycles. The van der Waals surface area contributed by atoms with E-state index >= 15 is 0 Å². The maximum Gasteiger partial charge on any atom is 0.253 e. The molecule has 27 heavy (non-hydrogen) atoms. The average molecular weight is 388 g/mol. The molecule has 2 saturated heterocycles. The minimum atomic E-state index is 0. The summed E-state index contributed by atoms with van der Waals surface area (Å²) in [5, 5.41) is 14.9. The van der Waals surface area contributed by atoms with Crippen molar-refractivity contribution in [1.82, 2.24) is 20.4 Å². The summed E-state index contributed by atoms with van der Waals surface area (Å²) in [7, 11) is 0. The molecule has 2 aromatic rings. The van der Waals surface area contributed by atoms with Crippen LogP contribution in [0.15, 0.2) is 36.4 Å². The number of hydrogen-bond donors (Lipinski definition) is 2. The normalized spacial score (nSPS) is 21.7. The summed E-state index contributed by atoms with van der Waals surface area (Å²) in [5.74, 6) is 2.24. The summed E-state index contributed by atoms with van der Waals surface area (Å²) in [5.41, 5.74) is 2.45. The Balaban J connectivity index is 0.00000210. The molecule has 4 rings (SSSR count). The lowest BCUT2D eigenvalue weighted by atomic mass is 9.92. The number of halogens is 1. The number of benzene rings is 1. The summed E-state index contributed by atoms with van der Waals surface area (Å²) in [6.45, 7) is 5.81. The highest BCUT2D eigenvalue weighted by molar-refractivity contribution is 5.95. The molecule has 2 atom stereocenters. The van der Waals surface area contributed by atoms with Crippen LogP contribution in [0.1, 0.15) is 28.9 Å². The van der Waals surface area contributed by atoms with Crippen LogP contribution >= 0.6 is 12.4 Å². The average Bonchev–Trinajstić information content (AvgIpc) is 3.02. The van der Waals surface area contributed by atoms with E-state index < -0.39 is 0 Å². The topological polar surface area (TPSA) is 70.2 Å². The van der Waals surface area contributed by atoms with E-state index in [-0.39, 0.29) is 18.3 Å². The van der Waals surface area contributed by atoms with Crippen molar-refractivity contribution in [3.8, 4) is 0 Å². The number of carbonyl (C=O) groups excluding carboxylic acids is 1. The first kappa shape index (κ1) is 19.6. The smallest absolute Gasteiger partial charge is 0.253 e. The van der Waals surface area contributed by atoms with Crippen LogP contribution in [0.4, 0.5) is 11.5 Å². The molecule has 1 aromatic carbocycles. The molecule has 3 heterocycles. The standard InChI is InChI=1S/C20H25N5O.ClH/c1-14-5-6-19(24-23-14)22-18-4-2-3-15(11-18)20(26)25-9-7-16-12-21-13-17(16)8-10-25;/h2-6,11,16-17,21H,7-10,12-13H2,1H3,(H,22,24);1H/t16-,17+;. The van der Waals surface area contributed by atoms with Gasteiger partial charge in [-0.3, -0.25) is 4.79 Å². The van der Waals surface area contributed by atoms with Gasteiger partial charge in [-0.1, -0.05) is 6.07 Å². The SMILES string of the molecule is Cc1ccc(Nc2cccc(C(=O)N3CC[C@@H]4CNC[C@@H]4CC3)c2)nn1.Cl. The summed E-state index contributed by atoms with van der Waals surface area (Å²) >= 11 is 0. The van der Waals surface area contributed by atoms with Crippen LogP contribution in [0.2, 0.25) is 0 Å². The van der Waals surface area contributed by atoms with Crippen LogP contribution in [0.3, 0.4) is 0 Å². The molecule has 0 spiro atoms. The van der Waals surface area contributed by atoms with E-state index in [1.165, 1.54) is 0 Å². The van der Waals surface area contributed by atoms with E-state index in [1.807, 2.05) is 48.2 Å². The van der Waals surface area contributed by atoms with Gasteiger partial charge in [0.15, 0.2) is 5.82 Å². The molecule has 7 heteroatoms. The molecule has 0 aliphatic carbocycles. The molecule has 1 aromatic heterocycles. The summed E-state index contributed by atoms with van der Waals surface area (Å²) in [4.78, 5) is 15.0. The van der Waals surface area contributed by atoms with E-state index in [9.17, 15) is 4.79 Å². The minimum Gasteiger partial charge on any atom is -0.339 e. The first-order valence-electron chi connectivity index (χ1n) is 9.36. The second-order valence-electron chi connectivity index (χ2n) is 7.31. The monoisotopic (exact) mass is 387 g/mol. The molecule has 1 amide bonds. The Hall–Kier alpha value is -2.18. The van der Waals surface area contributed by atoms with E-state index in [1.54, 1.807) is 0 Å². The number of aromatic nitrogens is 2. The van der Waals surface area contributed by atoms with Crippen molar-refractivity contribution < 1.29 is 4.79 Å². The number of hydrogen-bond acceptors (Lipinski definition) is 5. The van der Waals surface area contributed by atoms with Gasteiger partial charge in [0.2, 0.25) is 0 Å². The first-order chi connectivity index (χ1) is 12.7. The van der Waals surface area contributed by atoms with Crippen molar-refractivity contribution in [1.29, 1.82) is 0 Å². The van der Waals surface area contributed by atoms with Crippen LogP contribution in [0.25, 0.3) is 0 Å². The molecule has 2 fully saturated rings. The number of anilines is 2. The number of rotatable bonds is 3. The van der Waals surface area contributed by atoms with Crippen molar-refractivity contribution >= 4 is 29.8 Å². The van der Waals surface area contributed by atoms with Crippen molar-refractivity contribution in [2.75, 3.05) is 31.5 Å². The highest BCUT2D eigenvalue weighted by atomic mass is 35.5. The van der Waals surface area contributed by atoms with Gasteiger partial charge in [0, 0.05) is 24.3 Å². The number of fused-ring (bicyclic) bond motifs is 1. The third kappa shape index (κ3) is 4.57. The molecular weight excluding hydrogens is 362 g/mol.